The monoisotopic (exact) mass is 174 g/mol. The Hall–Kier alpha value is -1.44. The van der Waals surface area contributed by atoms with E-state index in [0.717, 1.165) is 18.5 Å². The summed E-state index contributed by atoms with van der Waals surface area (Å²) in [6, 6.07) is 4.03. The Morgan fingerprint density at radius 1 is 1.62 bits per heavy atom. The summed E-state index contributed by atoms with van der Waals surface area (Å²) in [4.78, 5) is 8.20. The number of hydrogen-bond acceptors (Lipinski definition) is 2. The van der Waals surface area contributed by atoms with Crippen molar-refractivity contribution in [1.29, 1.82) is 0 Å². The van der Waals surface area contributed by atoms with Gasteiger partial charge in [0.1, 0.15) is 0 Å². The molecular formula is C11H14N2. The number of hydrogen-bond donors (Lipinski definition) is 0. The fourth-order valence-electron chi connectivity index (χ4n) is 1.16. The topological polar surface area (TPSA) is 25.2 Å². The van der Waals surface area contributed by atoms with Gasteiger partial charge in [0, 0.05) is 19.5 Å². The second kappa shape index (κ2) is 5.25. The van der Waals surface area contributed by atoms with E-state index in [1.807, 2.05) is 12.1 Å². The lowest BCUT2D eigenvalue weighted by molar-refractivity contribution is 0.985. The van der Waals surface area contributed by atoms with Crippen LogP contribution in [0.25, 0.3) is 0 Å². The molecule has 0 unspecified atom stereocenters. The van der Waals surface area contributed by atoms with E-state index in [0.29, 0.717) is 0 Å². The normalized spacial score (nSPS) is 10.5. The summed E-state index contributed by atoms with van der Waals surface area (Å²) < 4.78 is 0. The Morgan fingerprint density at radius 2 is 2.46 bits per heavy atom. The zero-order valence-corrected chi connectivity index (χ0v) is 7.90. The van der Waals surface area contributed by atoms with Crippen LogP contribution in [0.4, 0.5) is 0 Å². The molecule has 1 aromatic heterocycles. The van der Waals surface area contributed by atoms with E-state index in [9.17, 15) is 0 Å². The summed E-state index contributed by atoms with van der Waals surface area (Å²) in [5.74, 6) is 0. The molecule has 68 valence electrons. The van der Waals surface area contributed by atoms with Crippen LogP contribution in [-0.4, -0.2) is 18.2 Å². The lowest BCUT2D eigenvalue weighted by Crippen LogP contribution is -1.95. The molecular weight excluding hydrogens is 160 g/mol. The molecule has 0 aliphatic heterocycles. The summed E-state index contributed by atoms with van der Waals surface area (Å²) in [6.45, 7) is 3.70. The van der Waals surface area contributed by atoms with Crippen LogP contribution in [0.3, 0.4) is 0 Å². The van der Waals surface area contributed by atoms with Crippen LogP contribution >= 0.6 is 0 Å². The molecule has 0 aliphatic rings. The van der Waals surface area contributed by atoms with Crippen molar-refractivity contribution in [2.75, 3.05) is 7.05 Å². The average molecular weight is 174 g/mol. The van der Waals surface area contributed by atoms with Gasteiger partial charge >= 0.3 is 0 Å². The minimum absolute atomic E-state index is 0.965. The fourth-order valence-corrected chi connectivity index (χ4v) is 1.16. The lowest BCUT2D eigenvalue weighted by Gasteiger charge is -2.01. The molecule has 0 amide bonds. The molecule has 2 nitrogen and oxygen atoms in total. The van der Waals surface area contributed by atoms with Crippen LogP contribution in [0.1, 0.15) is 17.7 Å². The average Bonchev–Trinajstić information content (AvgIpc) is 2.17. The number of aliphatic imine (C=N–C) groups is 1. The third kappa shape index (κ3) is 2.82. The molecule has 1 rings (SSSR count). The molecule has 1 heterocycles. The van der Waals surface area contributed by atoms with Crippen LogP contribution in [0.5, 0.6) is 0 Å². The molecule has 0 saturated carbocycles. The van der Waals surface area contributed by atoms with Gasteiger partial charge in [0.05, 0.1) is 5.69 Å². The number of aromatic nitrogens is 1. The van der Waals surface area contributed by atoms with Crippen molar-refractivity contribution in [3.8, 4) is 0 Å². The molecule has 0 aliphatic carbocycles. The molecule has 0 saturated heterocycles. The van der Waals surface area contributed by atoms with Crippen molar-refractivity contribution >= 4 is 6.21 Å². The van der Waals surface area contributed by atoms with E-state index < -0.39 is 0 Å². The van der Waals surface area contributed by atoms with Gasteiger partial charge in [-0.1, -0.05) is 12.1 Å². The predicted octanol–water partition coefficient (Wildman–Crippen LogP) is 2.25. The van der Waals surface area contributed by atoms with Crippen LogP contribution in [0.2, 0.25) is 0 Å². The molecule has 0 bridgehead atoms. The largest absolute Gasteiger partial charge is 0.294 e. The molecule has 1 aromatic rings. The summed E-state index contributed by atoms with van der Waals surface area (Å²) in [7, 11) is 1.76. The first-order valence-electron chi connectivity index (χ1n) is 4.35. The number of aryl methyl sites for hydroxylation is 1. The van der Waals surface area contributed by atoms with Gasteiger partial charge in [-0.25, -0.2) is 0 Å². The smallest absolute Gasteiger partial charge is 0.0839 e. The lowest BCUT2D eigenvalue weighted by atomic mass is 10.1. The van der Waals surface area contributed by atoms with Gasteiger partial charge < -0.3 is 0 Å². The third-order valence-electron chi connectivity index (χ3n) is 1.80. The second-order valence-corrected chi connectivity index (χ2v) is 2.76. The highest BCUT2D eigenvalue weighted by molar-refractivity contribution is 5.78. The van der Waals surface area contributed by atoms with Gasteiger partial charge in [0.2, 0.25) is 0 Å². The maximum atomic E-state index is 4.24. The first-order chi connectivity index (χ1) is 6.38. The highest BCUT2D eigenvalue weighted by atomic mass is 14.7. The van der Waals surface area contributed by atoms with Crippen molar-refractivity contribution in [3.05, 3.63) is 42.2 Å². The van der Waals surface area contributed by atoms with Gasteiger partial charge in [-0.15, -0.1) is 6.58 Å². The quantitative estimate of drug-likeness (QED) is 0.507. The molecule has 0 radical (unpaired) electrons. The highest BCUT2D eigenvalue weighted by Crippen LogP contribution is 2.06. The van der Waals surface area contributed by atoms with E-state index in [-0.39, 0.29) is 0 Å². The molecule has 0 atom stereocenters. The predicted molar refractivity (Wildman–Crippen MR) is 56.3 cm³/mol. The number of nitrogens with zero attached hydrogens (tertiary/aromatic N) is 2. The molecule has 0 fully saturated rings. The van der Waals surface area contributed by atoms with Gasteiger partial charge in [-0.2, -0.15) is 0 Å². The molecule has 0 aromatic carbocycles. The summed E-state index contributed by atoms with van der Waals surface area (Å²) in [5.41, 5.74) is 2.19. The minimum atomic E-state index is 0.965. The van der Waals surface area contributed by atoms with Crippen LogP contribution in [0, 0.1) is 0 Å². The van der Waals surface area contributed by atoms with Crippen molar-refractivity contribution in [2.24, 2.45) is 4.99 Å². The fraction of sp³-hybridized carbons (Fsp3) is 0.273. The Morgan fingerprint density at radius 3 is 3.15 bits per heavy atom. The summed E-state index contributed by atoms with van der Waals surface area (Å²) in [6.07, 6.45) is 7.46. The minimum Gasteiger partial charge on any atom is -0.294 e. The second-order valence-electron chi connectivity index (χ2n) is 2.76. The number of pyridine rings is 1. The van der Waals surface area contributed by atoms with E-state index in [4.69, 9.17) is 0 Å². The van der Waals surface area contributed by atoms with Crippen LogP contribution < -0.4 is 0 Å². The van der Waals surface area contributed by atoms with E-state index in [2.05, 4.69) is 22.6 Å². The van der Waals surface area contributed by atoms with Crippen molar-refractivity contribution in [2.45, 2.75) is 12.8 Å². The van der Waals surface area contributed by atoms with Gasteiger partial charge in [-0.3, -0.25) is 9.98 Å². The van der Waals surface area contributed by atoms with E-state index >= 15 is 0 Å². The molecule has 0 N–H and O–H groups in total. The van der Waals surface area contributed by atoms with Crippen molar-refractivity contribution in [1.82, 2.24) is 4.98 Å². The van der Waals surface area contributed by atoms with E-state index in [1.54, 1.807) is 19.5 Å². The number of allylic oxidation sites excluding steroid dienone is 1. The zero-order valence-electron chi connectivity index (χ0n) is 7.90. The summed E-state index contributed by atoms with van der Waals surface area (Å²) in [5, 5.41) is 0. The highest BCUT2D eigenvalue weighted by Gasteiger charge is 1.98. The summed E-state index contributed by atoms with van der Waals surface area (Å²) >= 11 is 0. The molecule has 13 heavy (non-hydrogen) atoms. The Balaban J connectivity index is 2.83. The van der Waals surface area contributed by atoms with Crippen molar-refractivity contribution < 1.29 is 0 Å². The Bertz CT molecular complexity index is 303. The van der Waals surface area contributed by atoms with Gasteiger partial charge in [0.15, 0.2) is 0 Å². The third-order valence-corrected chi connectivity index (χ3v) is 1.80. The van der Waals surface area contributed by atoms with Crippen molar-refractivity contribution in [3.63, 3.8) is 0 Å². The molecule has 0 spiro atoms. The van der Waals surface area contributed by atoms with Crippen LogP contribution in [-0.2, 0) is 6.42 Å². The van der Waals surface area contributed by atoms with Gasteiger partial charge in [0.25, 0.3) is 0 Å². The zero-order chi connectivity index (χ0) is 9.52. The maximum absolute atomic E-state index is 4.24. The number of rotatable bonds is 4. The Labute approximate surface area is 79.0 Å². The van der Waals surface area contributed by atoms with Gasteiger partial charge in [-0.05, 0) is 24.5 Å². The Kier molecular flexibility index (Phi) is 3.89. The SMILES string of the molecule is C=CCCc1cccnc1/C=N/C. The molecule has 2 heteroatoms. The van der Waals surface area contributed by atoms with Crippen LogP contribution in [0.15, 0.2) is 36.0 Å². The van der Waals surface area contributed by atoms with E-state index in [1.165, 1.54) is 5.56 Å². The first kappa shape index (κ1) is 9.65. The standard InChI is InChI=1S/C11H14N2/c1-3-4-6-10-7-5-8-13-11(10)9-12-2/h3,5,7-9H,1,4,6H2,2H3/b12-9+. The first-order valence-corrected chi connectivity index (χ1v) is 4.35. The maximum Gasteiger partial charge on any atom is 0.0839 e.